The van der Waals surface area contributed by atoms with Crippen LogP contribution in [-0.2, 0) is 26.9 Å². The fourth-order valence-electron chi connectivity index (χ4n) is 3.15. The maximum absolute atomic E-state index is 12.7. The molecule has 0 bridgehead atoms. The van der Waals surface area contributed by atoms with Crippen LogP contribution < -0.4 is 10.1 Å². The predicted octanol–water partition coefficient (Wildman–Crippen LogP) is 1.91. The molecule has 0 unspecified atom stereocenters. The molecule has 0 spiro atoms. The molecular weight excluding hydrogens is 366 g/mol. The molecule has 1 saturated heterocycles. The van der Waals surface area contributed by atoms with Crippen molar-refractivity contribution in [2.45, 2.75) is 12.1 Å². The molecule has 2 N–H and O–H groups in total. The zero-order chi connectivity index (χ0) is 19.5. The summed E-state index contributed by atoms with van der Waals surface area (Å²) in [6.45, 7) is 0.403. The molecule has 7 nitrogen and oxygen atoms in total. The smallest absolute Gasteiger partial charge is 0.239 e. The minimum Gasteiger partial charge on any atom is -0.496 e. The number of para-hydroxylation sites is 1. The zero-order valence-corrected chi connectivity index (χ0v) is 16.1. The van der Waals surface area contributed by atoms with Crippen LogP contribution >= 0.6 is 0 Å². The third-order valence-corrected chi connectivity index (χ3v) is 6.48. The Balaban J connectivity index is 1.95. The van der Waals surface area contributed by atoms with Crippen molar-refractivity contribution in [2.75, 3.05) is 26.5 Å². The molecule has 0 saturated carbocycles. The minimum atomic E-state index is -3.68. The van der Waals surface area contributed by atoms with Gasteiger partial charge in [-0.3, -0.25) is 5.41 Å². The largest absolute Gasteiger partial charge is 0.496 e. The van der Waals surface area contributed by atoms with E-state index in [1.807, 2.05) is 42.5 Å². The van der Waals surface area contributed by atoms with E-state index < -0.39 is 15.6 Å². The van der Waals surface area contributed by atoms with Gasteiger partial charge >= 0.3 is 0 Å². The average molecular weight is 389 g/mol. The first kappa shape index (κ1) is 19.2. The minimum absolute atomic E-state index is 0.0672. The van der Waals surface area contributed by atoms with Crippen LogP contribution in [0.15, 0.2) is 54.6 Å². The molecule has 27 heavy (non-hydrogen) atoms. The highest BCUT2D eigenvalue weighted by Crippen LogP contribution is 2.34. The Hall–Kier alpha value is -2.58. The molecule has 2 aromatic rings. The van der Waals surface area contributed by atoms with Gasteiger partial charge in [0, 0.05) is 12.6 Å². The van der Waals surface area contributed by atoms with Gasteiger partial charge in [-0.1, -0.05) is 48.5 Å². The van der Waals surface area contributed by atoms with Crippen LogP contribution in [0.25, 0.3) is 0 Å². The van der Waals surface area contributed by atoms with Crippen molar-refractivity contribution in [3.05, 3.63) is 65.7 Å². The molecule has 1 atom stereocenters. The Labute approximate surface area is 159 Å². The van der Waals surface area contributed by atoms with Gasteiger partial charge in [-0.05, 0) is 11.6 Å². The summed E-state index contributed by atoms with van der Waals surface area (Å²) in [4.78, 5) is 0. The first-order valence-corrected chi connectivity index (χ1v) is 10.1. The Morgan fingerprint density at radius 3 is 2.48 bits per heavy atom. The van der Waals surface area contributed by atoms with E-state index in [4.69, 9.17) is 14.9 Å². The molecule has 3 rings (SSSR count). The fourth-order valence-corrected chi connectivity index (χ4v) is 4.60. The average Bonchev–Trinajstić information content (AvgIpc) is 2.66. The lowest BCUT2D eigenvalue weighted by molar-refractivity contribution is 0.0682. The second-order valence-electron chi connectivity index (χ2n) is 6.46. The Morgan fingerprint density at radius 1 is 1.15 bits per heavy atom. The highest BCUT2D eigenvalue weighted by Gasteiger charge is 2.47. The summed E-state index contributed by atoms with van der Waals surface area (Å²) < 4.78 is 37.6. The van der Waals surface area contributed by atoms with Gasteiger partial charge in [0.05, 0.1) is 26.1 Å². The van der Waals surface area contributed by atoms with Gasteiger partial charge in [0.1, 0.15) is 11.3 Å². The van der Waals surface area contributed by atoms with Crippen LogP contribution in [-0.4, -0.2) is 45.2 Å². The molecule has 8 heteroatoms. The van der Waals surface area contributed by atoms with Crippen molar-refractivity contribution in [1.82, 2.24) is 9.62 Å². The highest BCUT2D eigenvalue weighted by atomic mass is 32.2. The number of rotatable bonds is 6. The molecule has 0 aromatic heterocycles. The van der Waals surface area contributed by atoms with Crippen LogP contribution in [0, 0.1) is 5.41 Å². The van der Waals surface area contributed by atoms with E-state index >= 15 is 0 Å². The molecule has 1 aliphatic rings. The molecular formula is C19H23N3O4S. The fraction of sp³-hybridized carbons (Fsp3) is 0.316. The number of hydrogen-bond donors (Lipinski definition) is 2. The van der Waals surface area contributed by atoms with E-state index in [2.05, 4.69) is 5.32 Å². The normalized spacial score (nSPS) is 21.6. The summed E-state index contributed by atoms with van der Waals surface area (Å²) in [5, 5.41) is 11.2. The second kappa shape index (κ2) is 7.58. The third-order valence-electron chi connectivity index (χ3n) is 4.60. The molecule has 1 heterocycles. The number of guanidine groups is 1. The lowest BCUT2D eigenvalue weighted by atomic mass is 9.91. The molecule has 1 fully saturated rings. The molecule has 1 aliphatic heterocycles. The van der Waals surface area contributed by atoms with Gasteiger partial charge in [0.2, 0.25) is 16.0 Å². The molecule has 2 aromatic carbocycles. The van der Waals surface area contributed by atoms with Crippen molar-refractivity contribution < 1.29 is 17.9 Å². The molecule has 0 amide bonds. The van der Waals surface area contributed by atoms with Gasteiger partial charge in [-0.25, -0.2) is 12.7 Å². The van der Waals surface area contributed by atoms with Crippen molar-refractivity contribution in [3.8, 4) is 5.75 Å². The van der Waals surface area contributed by atoms with Gasteiger partial charge in [-0.2, -0.15) is 0 Å². The van der Waals surface area contributed by atoms with Gasteiger partial charge < -0.3 is 14.8 Å². The first-order valence-electron chi connectivity index (χ1n) is 8.46. The van der Waals surface area contributed by atoms with Crippen molar-refractivity contribution in [3.63, 3.8) is 0 Å². The Bertz CT molecular complexity index is 918. The topological polar surface area (TPSA) is 91.7 Å². The molecule has 0 radical (unpaired) electrons. The Morgan fingerprint density at radius 2 is 1.81 bits per heavy atom. The van der Waals surface area contributed by atoms with Crippen LogP contribution in [0.4, 0.5) is 0 Å². The number of benzene rings is 2. The monoisotopic (exact) mass is 389 g/mol. The quantitative estimate of drug-likeness (QED) is 0.787. The lowest BCUT2D eigenvalue weighted by Gasteiger charge is -2.42. The van der Waals surface area contributed by atoms with E-state index in [1.165, 1.54) is 14.2 Å². The maximum atomic E-state index is 12.7. The number of ether oxygens (including phenoxy) is 2. The van der Waals surface area contributed by atoms with Gasteiger partial charge in [0.25, 0.3) is 0 Å². The van der Waals surface area contributed by atoms with Crippen LogP contribution in [0.3, 0.4) is 0 Å². The first-order chi connectivity index (χ1) is 12.9. The highest BCUT2D eigenvalue weighted by molar-refractivity contribution is 7.89. The molecule has 0 aliphatic carbocycles. The SMILES string of the molecule is COc1ccccc1[C@]1(COCc2ccccc2)CS(=O)(=O)N(C)C(=N)N1. The standard InChI is InChI=1S/C19H23N3O4S/c1-22-18(20)21-19(14-27(22,23)24,16-10-6-7-11-17(16)25-2)13-26-12-15-8-4-3-5-9-15/h3-11H,12-14H2,1-2H3,(H2,20,21)/t19-/m0/s1. The molecule has 144 valence electrons. The van der Waals surface area contributed by atoms with Crippen molar-refractivity contribution in [2.24, 2.45) is 0 Å². The van der Waals surface area contributed by atoms with Gasteiger partial charge in [-0.15, -0.1) is 0 Å². The summed E-state index contributed by atoms with van der Waals surface area (Å²) >= 11 is 0. The third kappa shape index (κ3) is 3.91. The summed E-state index contributed by atoms with van der Waals surface area (Å²) in [6, 6.07) is 16.8. The number of sulfonamides is 1. The number of methoxy groups -OCH3 is 1. The summed E-state index contributed by atoms with van der Waals surface area (Å²) in [6.07, 6.45) is 0. The Kier molecular flexibility index (Phi) is 5.38. The number of hydrogen-bond acceptors (Lipinski definition) is 5. The van der Waals surface area contributed by atoms with E-state index in [0.717, 1.165) is 9.87 Å². The summed E-state index contributed by atoms with van der Waals surface area (Å²) in [5.74, 6) is 0.102. The predicted molar refractivity (Wildman–Crippen MR) is 103 cm³/mol. The number of nitrogens with one attached hydrogen (secondary N) is 2. The van der Waals surface area contributed by atoms with E-state index in [-0.39, 0.29) is 18.3 Å². The zero-order valence-electron chi connectivity index (χ0n) is 15.3. The number of nitrogens with zero attached hydrogens (tertiary/aromatic N) is 1. The van der Waals surface area contributed by atoms with Crippen molar-refractivity contribution in [1.29, 1.82) is 5.41 Å². The lowest BCUT2D eigenvalue weighted by Crippen LogP contribution is -2.64. The van der Waals surface area contributed by atoms with E-state index in [9.17, 15) is 8.42 Å². The van der Waals surface area contributed by atoms with E-state index in [0.29, 0.717) is 17.9 Å². The summed E-state index contributed by atoms with van der Waals surface area (Å²) in [5.41, 5.74) is 0.504. The van der Waals surface area contributed by atoms with Gasteiger partial charge in [0.15, 0.2) is 0 Å². The summed E-state index contributed by atoms with van der Waals surface area (Å²) in [7, 11) is -0.779. The second-order valence-corrected chi connectivity index (χ2v) is 8.46. The van der Waals surface area contributed by atoms with E-state index in [1.54, 1.807) is 12.1 Å². The maximum Gasteiger partial charge on any atom is 0.239 e. The van der Waals surface area contributed by atoms with Crippen molar-refractivity contribution >= 4 is 16.0 Å². The van der Waals surface area contributed by atoms with Crippen LogP contribution in [0.2, 0.25) is 0 Å². The van der Waals surface area contributed by atoms with Crippen LogP contribution in [0.5, 0.6) is 5.75 Å². The van der Waals surface area contributed by atoms with Crippen LogP contribution in [0.1, 0.15) is 11.1 Å².